The fourth-order valence-corrected chi connectivity index (χ4v) is 6.25. The molecule has 0 atom stereocenters. The Morgan fingerprint density at radius 1 is 1.10 bits per heavy atom. The van der Waals surface area contributed by atoms with Gasteiger partial charge in [-0.25, -0.2) is 16.8 Å². The van der Waals surface area contributed by atoms with E-state index in [9.17, 15) is 21.6 Å². The minimum atomic E-state index is -3.59. The molecule has 11 heteroatoms. The molecule has 0 bridgehead atoms. The normalized spacial score (nSPS) is 16.2. The molecule has 1 aromatic heterocycles. The number of likely N-dealkylation sites (tertiary alicyclic amines) is 1. The number of sulfone groups is 2. The van der Waals surface area contributed by atoms with E-state index in [1.807, 2.05) is 0 Å². The van der Waals surface area contributed by atoms with Gasteiger partial charge in [-0.1, -0.05) is 12.1 Å². The van der Waals surface area contributed by atoms with Crippen molar-refractivity contribution < 1.29 is 21.6 Å². The van der Waals surface area contributed by atoms with Crippen LogP contribution in [0.1, 0.15) is 32.3 Å². The molecule has 0 spiro atoms. The first kappa shape index (κ1) is 22.4. The van der Waals surface area contributed by atoms with Crippen LogP contribution in [0.3, 0.4) is 0 Å². The highest BCUT2D eigenvalue weighted by Gasteiger charge is 2.35. The number of aryl methyl sites for hydroxylation is 1. The van der Waals surface area contributed by atoms with Crippen LogP contribution in [-0.2, 0) is 37.9 Å². The molecule has 1 aromatic carbocycles. The highest BCUT2D eigenvalue weighted by molar-refractivity contribution is 7.92. The molecule has 0 unspecified atom stereocenters. The van der Waals surface area contributed by atoms with Crippen LogP contribution in [0.4, 0.5) is 0 Å². The van der Waals surface area contributed by atoms with Crippen molar-refractivity contribution in [3.05, 3.63) is 36.2 Å². The largest absolute Gasteiger partial charge is 0.342 e. The first-order chi connectivity index (χ1) is 14.0. The van der Waals surface area contributed by atoms with E-state index in [1.54, 1.807) is 37.9 Å². The van der Waals surface area contributed by atoms with Crippen molar-refractivity contribution in [2.24, 2.45) is 7.05 Å². The van der Waals surface area contributed by atoms with Gasteiger partial charge in [0.25, 0.3) is 0 Å². The van der Waals surface area contributed by atoms with Gasteiger partial charge in [0.1, 0.15) is 6.33 Å². The van der Waals surface area contributed by atoms with Crippen LogP contribution in [0, 0.1) is 0 Å². The van der Waals surface area contributed by atoms with E-state index >= 15 is 0 Å². The molecule has 2 aromatic rings. The number of rotatable bonds is 6. The number of nitrogens with zero attached hydrogens (tertiary/aromatic N) is 4. The zero-order valence-electron chi connectivity index (χ0n) is 17.2. The minimum Gasteiger partial charge on any atom is -0.342 e. The zero-order chi connectivity index (χ0) is 22.1. The van der Waals surface area contributed by atoms with Gasteiger partial charge in [-0.2, -0.15) is 0 Å². The summed E-state index contributed by atoms with van der Waals surface area (Å²) in [7, 11) is -5.35. The summed E-state index contributed by atoms with van der Waals surface area (Å²) in [6, 6.07) is 6.35. The van der Waals surface area contributed by atoms with Crippen molar-refractivity contribution in [2.45, 2.75) is 53.7 Å². The van der Waals surface area contributed by atoms with Gasteiger partial charge < -0.3 is 9.47 Å². The van der Waals surface area contributed by atoms with Crippen molar-refractivity contribution in [2.75, 3.05) is 13.1 Å². The maximum absolute atomic E-state index is 12.7. The van der Waals surface area contributed by atoms with Gasteiger partial charge in [0.15, 0.2) is 9.84 Å². The van der Waals surface area contributed by atoms with Crippen LogP contribution < -0.4 is 0 Å². The molecule has 9 nitrogen and oxygen atoms in total. The fraction of sp³-hybridized carbons (Fsp3) is 0.526. The van der Waals surface area contributed by atoms with Crippen molar-refractivity contribution in [3.8, 4) is 0 Å². The number of amides is 1. The average molecular weight is 455 g/mol. The number of carbonyl (C=O) groups excluding carboxylic acids is 1. The molecular formula is C19H26N4O5S2. The second-order valence-electron chi connectivity index (χ2n) is 7.76. The predicted molar refractivity (Wildman–Crippen MR) is 110 cm³/mol. The number of piperidine rings is 1. The Bertz CT molecular complexity index is 1110. The van der Waals surface area contributed by atoms with Crippen LogP contribution in [0.15, 0.2) is 40.6 Å². The van der Waals surface area contributed by atoms with Gasteiger partial charge in [0, 0.05) is 20.1 Å². The summed E-state index contributed by atoms with van der Waals surface area (Å²) in [5.74, 6) is -0.107. The molecule has 1 aliphatic rings. The third-order valence-electron chi connectivity index (χ3n) is 5.39. The number of hydrogen-bond donors (Lipinski definition) is 0. The van der Waals surface area contributed by atoms with Gasteiger partial charge in [-0.05, 0) is 44.4 Å². The highest BCUT2D eigenvalue weighted by atomic mass is 32.2. The van der Waals surface area contributed by atoms with E-state index in [-0.39, 0.29) is 22.4 Å². The Labute approximate surface area is 176 Å². The van der Waals surface area contributed by atoms with Crippen molar-refractivity contribution in [3.63, 3.8) is 0 Å². The molecule has 0 saturated carbocycles. The van der Waals surface area contributed by atoms with Crippen LogP contribution in [-0.4, -0.2) is 66.0 Å². The lowest BCUT2D eigenvalue weighted by atomic mass is 10.1. The predicted octanol–water partition coefficient (Wildman–Crippen LogP) is 1.00. The smallest absolute Gasteiger partial charge is 0.249 e. The van der Waals surface area contributed by atoms with Crippen LogP contribution in [0.5, 0.6) is 0 Å². The molecule has 1 fully saturated rings. The van der Waals surface area contributed by atoms with Crippen molar-refractivity contribution in [1.82, 2.24) is 19.7 Å². The third kappa shape index (κ3) is 4.41. The molecule has 1 amide bonds. The van der Waals surface area contributed by atoms with Crippen molar-refractivity contribution >= 4 is 25.6 Å². The van der Waals surface area contributed by atoms with Gasteiger partial charge in [0.05, 0.1) is 21.8 Å². The molecule has 3 rings (SSSR count). The van der Waals surface area contributed by atoms with Gasteiger partial charge in [-0.3, -0.25) is 4.79 Å². The van der Waals surface area contributed by atoms with Gasteiger partial charge >= 0.3 is 0 Å². The first-order valence-electron chi connectivity index (χ1n) is 9.72. The molecule has 0 N–H and O–H groups in total. The van der Waals surface area contributed by atoms with Crippen LogP contribution in [0.25, 0.3) is 0 Å². The van der Waals surface area contributed by atoms with E-state index in [4.69, 9.17) is 0 Å². The SMILES string of the molecule is CC(C)S(=O)(=O)c1ccc(CC(=O)N2CCC(S(=O)(=O)c3nncn3C)CC2)cc1. The number of benzene rings is 1. The summed E-state index contributed by atoms with van der Waals surface area (Å²) in [5, 5.41) is 6.19. The second-order valence-corrected chi connectivity index (χ2v) is 12.4. The second kappa shape index (κ2) is 8.46. The lowest BCUT2D eigenvalue weighted by Gasteiger charge is -2.31. The Kier molecular flexibility index (Phi) is 6.32. The van der Waals surface area contributed by atoms with E-state index in [1.165, 1.54) is 23.0 Å². The topological polar surface area (TPSA) is 119 Å². The third-order valence-corrected chi connectivity index (χ3v) is 9.78. The first-order valence-corrected chi connectivity index (χ1v) is 12.8. The van der Waals surface area contributed by atoms with E-state index in [0.29, 0.717) is 25.9 Å². The molecule has 164 valence electrons. The average Bonchev–Trinajstić information content (AvgIpc) is 3.15. The number of carbonyl (C=O) groups is 1. The Morgan fingerprint density at radius 2 is 1.70 bits per heavy atom. The lowest BCUT2D eigenvalue weighted by Crippen LogP contribution is -2.43. The van der Waals surface area contributed by atoms with Crippen LogP contribution in [0.2, 0.25) is 0 Å². The lowest BCUT2D eigenvalue weighted by molar-refractivity contribution is -0.131. The Morgan fingerprint density at radius 3 is 2.20 bits per heavy atom. The molecule has 0 aliphatic carbocycles. The van der Waals surface area contributed by atoms with E-state index in [0.717, 1.165) is 5.56 Å². The van der Waals surface area contributed by atoms with E-state index in [2.05, 4.69) is 10.2 Å². The molecule has 30 heavy (non-hydrogen) atoms. The molecular weight excluding hydrogens is 428 g/mol. The molecule has 1 aliphatic heterocycles. The highest BCUT2D eigenvalue weighted by Crippen LogP contribution is 2.24. The summed E-state index contributed by atoms with van der Waals surface area (Å²) in [4.78, 5) is 14.5. The van der Waals surface area contributed by atoms with Crippen LogP contribution >= 0.6 is 0 Å². The zero-order valence-corrected chi connectivity index (χ0v) is 18.9. The summed E-state index contributed by atoms with van der Waals surface area (Å²) in [6.07, 6.45) is 2.17. The summed E-state index contributed by atoms with van der Waals surface area (Å²) in [6.45, 7) is 3.95. The summed E-state index contributed by atoms with van der Waals surface area (Å²) < 4.78 is 51.2. The quantitative estimate of drug-likeness (QED) is 0.639. The maximum atomic E-state index is 12.7. The maximum Gasteiger partial charge on any atom is 0.249 e. The van der Waals surface area contributed by atoms with Gasteiger partial charge in [-0.15, -0.1) is 10.2 Å². The molecule has 1 saturated heterocycles. The fourth-order valence-electron chi connectivity index (χ4n) is 3.45. The molecule has 2 heterocycles. The standard InChI is InChI=1S/C19H26N4O5S2/c1-14(2)29(25,26)16-6-4-15(5-7-16)12-18(24)23-10-8-17(9-11-23)30(27,28)19-21-20-13-22(19)3/h4-7,13-14,17H,8-12H2,1-3H3. The minimum absolute atomic E-state index is 0.0521. The Balaban J connectivity index is 1.60. The molecule has 0 radical (unpaired) electrons. The van der Waals surface area contributed by atoms with Gasteiger partial charge in [0.2, 0.25) is 20.9 Å². The van der Waals surface area contributed by atoms with E-state index < -0.39 is 30.2 Å². The summed E-state index contributed by atoms with van der Waals surface area (Å²) in [5.41, 5.74) is 0.719. The Hall–Kier alpha value is -2.27. The number of hydrogen-bond acceptors (Lipinski definition) is 7. The van der Waals surface area contributed by atoms with Crippen molar-refractivity contribution in [1.29, 1.82) is 0 Å². The summed E-state index contributed by atoms with van der Waals surface area (Å²) >= 11 is 0. The number of aromatic nitrogens is 3. The monoisotopic (exact) mass is 454 g/mol.